The number of aromatic nitrogens is 1. The van der Waals surface area contributed by atoms with Crippen LogP contribution in [0.4, 0.5) is 4.79 Å². The summed E-state index contributed by atoms with van der Waals surface area (Å²) in [6.07, 6.45) is -0.935. The molecule has 0 aliphatic carbocycles. The molecule has 1 aromatic heterocycles. The van der Waals surface area contributed by atoms with Crippen molar-refractivity contribution in [3.63, 3.8) is 0 Å². The highest BCUT2D eigenvalue weighted by molar-refractivity contribution is 9.10. The van der Waals surface area contributed by atoms with Gasteiger partial charge < -0.3 is 10.5 Å². The number of rotatable bonds is 4. The van der Waals surface area contributed by atoms with E-state index in [0.717, 1.165) is 21.4 Å². The quantitative estimate of drug-likeness (QED) is 0.511. The molecule has 1 aromatic carbocycles. The van der Waals surface area contributed by atoms with E-state index in [4.69, 9.17) is 16.0 Å². The highest BCUT2D eigenvalue weighted by Gasteiger charge is 2.15. The van der Waals surface area contributed by atoms with Crippen molar-refractivity contribution < 1.29 is 9.53 Å². The summed E-state index contributed by atoms with van der Waals surface area (Å²) in [5, 5.41) is 3.63. The summed E-state index contributed by atoms with van der Waals surface area (Å²) >= 11 is 4.49. The number of halogens is 1. The van der Waals surface area contributed by atoms with Crippen LogP contribution < -0.4 is 10.5 Å². The first-order valence-corrected chi connectivity index (χ1v) is 6.95. The number of hydrogen-bond donors (Lipinski definition) is 1. The zero-order chi connectivity index (χ0) is 14.5. The van der Waals surface area contributed by atoms with Crippen molar-refractivity contribution in [2.75, 3.05) is 0 Å². The second-order valence-corrected chi connectivity index (χ2v) is 5.53. The molecule has 2 aromatic rings. The number of primary amides is 1. The normalized spacial score (nSPS) is 9.85. The fourth-order valence-corrected chi connectivity index (χ4v) is 2.78. The minimum absolute atomic E-state index is 0.121. The van der Waals surface area contributed by atoms with E-state index in [1.165, 1.54) is 0 Å². The van der Waals surface area contributed by atoms with Gasteiger partial charge in [0, 0.05) is 19.8 Å². The molecule has 0 aliphatic heterocycles. The Morgan fingerprint density at radius 1 is 1.60 bits per heavy atom. The van der Waals surface area contributed by atoms with Crippen LogP contribution in [-0.2, 0) is 6.54 Å². The SMILES string of the molecule is [N-]=[N+]=NCc1sc(OC(N)=O)nc1-c1cccc(Br)c1. The number of nitrogens with two attached hydrogens (primary N) is 1. The molecule has 0 saturated carbocycles. The van der Waals surface area contributed by atoms with Gasteiger partial charge in [-0.1, -0.05) is 44.5 Å². The average Bonchev–Trinajstić information content (AvgIpc) is 2.78. The zero-order valence-corrected chi connectivity index (χ0v) is 12.4. The predicted octanol–water partition coefficient (Wildman–Crippen LogP) is 3.84. The monoisotopic (exact) mass is 353 g/mol. The first-order valence-electron chi connectivity index (χ1n) is 5.34. The maximum absolute atomic E-state index is 10.8. The van der Waals surface area contributed by atoms with Crippen LogP contribution in [-0.4, -0.2) is 11.1 Å². The molecule has 20 heavy (non-hydrogen) atoms. The summed E-state index contributed by atoms with van der Waals surface area (Å²) in [6.45, 7) is 0.123. The Bertz CT molecular complexity index is 696. The molecular formula is C11H8BrN5O2S. The number of ether oxygens (including phenoxy) is 1. The van der Waals surface area contributed by atoms with Crippen LogP contribution in [0.2, 0.25) is 0 Å². The summed E-state index contributed by atoms with van der Waals surface area (Å²) in [7, 11) is 0. The number of amides is 1. The molecular weight excluding hydrogens is 346 g/mol. The van der Waals surface area contributed by atoms with Crippen molar-refractivity contribution in [3.8, 4) is 16.5 Å². The molecule has 0 atom stereocenters. The lowest BCUT2D eigenvalue weighted by molar-refractivity contribution is 0.210. The fraction of sp³-hybridized carbons (Fsp3) is 0.0909. The van der Waals surface area contributed by atoms with Crippen molar-refractivity contribution >= 4 is 33.4 Å². The lowest BCUT2D eigenvalue weighted by Gasteiger charge is -2.00. The summed E-state index contributed by atoms with van der Waals surface area (Å²) in [5.74, 6) is 0. The number of thiazole rings is 1. The van der Waals surface area contributed by atoms with Crippen LogP contribution in [0.15, 0.2) is 33.9 Å². The van der Waals surface area contributed by atoms with Gasteiger partial charge in [-0.05, 0) is 17.7 Å². The molecule has 1 amide bonds. The van der Waals surface area contributed by atoms with Gasteiger partial charge in [0.05, 0.1) is 12.2 Å². The Morgan fingerprint density at radius 2 is 2.40 bits per heavy atom. The lowest BCUT2D eigenvalue weighted by Crippen LogP contribution is -2.15. The fourth-order valence-electron chi connectivity index (χ4n) is 1.52. The predicted molar refractivity (Wildman–Crippen MR) is 78.3 cm³/mol. The topological polar surface area (TPSA) is 114 Å². The number of carbonyl (C=O) groups excluding carboxylic acids is 1. The van der Waals surface area contributed by atoms with Gasteiger partial charge in [-0.25, -0.2) is 9.78 Å². The third-order valence-electron chi connectivity index (χ3n) is 2.24. The first kappa shape index (κ1) is 14.3. The van der Waals surface area contributed by atoms with Crippen molar-refractivity contribution in [1.29, 1.82) is 0 Å². The van der Waals surface area contributed by atoms with E-state index in [2.05, 4.69) is 30.9 Å². The minimum atomic E-state index is -0.935. The molecule has 0 bridgehead atoms. The van der Waals surface area contributed by atoms with Crippen molar-refractivity contribution in [1.82, 2.24) is 4.98 Å². The summed E-state index contributed by atoms with van der Waals surface area (Å²) in [4.78, 5) is 18.4. The van der Waals surface area contributed by atoms with Gasteiger partial charge in [-0.2, -0.15) is 0 Å². The van der Waals surface area contributed by atoms with Gasteiger partial charge in [0.25, 0.3) is 5.19 Å². The average molecular weight is 354 g/mol. The van der Waals surface area contributed by atoms with E-state index in [-0.39, 0.29) is 11.7 Å². The van der Waals surface area contributed by atoms with E-state index in [1.807, 2.05) is 24.3 Å². The summed E-state index contributed by atoms with van der Waals surface area (Å²) in [6, 6.07) is 7.45. The molecule has 0 saturated heterocycles. The number of nitrogens with zero attached hydrogens (tertiary/aromatic N) is 4. The van der Waals surface area contributed by atoms with E-state index in [0.29, 0.717) is 10.6 Å². The van der Waals surface area contributed by atoms with Crippen LogP contribution in [0.3, 0.4) is 0 Å². The smallest absolute Gasteiger partial charge is 0.381 e. The number of hydrogen-bond acceptors (Lipinski definition) is 5. The van der Waals surface area contributed by atoms with Crippen molar-refractivity contribution in [2.45, 2.75) is 6.54 Å². The molecule has 2 rings (SSSR count). The van der Waals surface area contributed by atoms with E-state index in [9.17, 15) is 4.79 Å². The molecule has 0 aliphatic rings. The second-order valence-electron chi connectivity index (χ2n) is 3.57. The maximum Gasteiger partial charge on any atom is 0.411 e. The van der Waals surface area contributed by atoms with Gasteiger partial charge in [0.15, 0.2) is 0 Å². The Hall–Kier alpha value is -2.09. The largest absolute Gasteiger partial charge is 0.411 e. The number of benzene rings is 1. The van der Waals surface area contributed by atoms with Crippen LogP contribution >= 0.6 is 27.3 Å². The molecule has 0 fully saturated rings. The second kappa shape index (κ2) is 6.38. The van der Waals surface area contributed by atoms with E-state index >= 15 is 0 Å². The van der Waals surface area contributed by atoms with Gasteiger partial charge in [0.1, 0.15) is 0 Å². The van der Waals surface area contributed by atoms with Gasteiger partial charge >= 0.3 is 6.09 Å². The van der Waals surface area contributed by atoms with Crippen LogP contribution in [0, 0.1) is 0 Å². The molecule has 9 heteroatoms. The lowest BCUT2D eigenvalue weighted by atomic mass is 10.1. The molecule has 7 nitrogen and oxygen atoms in total. The van der Waals surface area contributed by atoms with Crippen molar-refractivity contribution in [2.24, 2.45) is 10.8 Å². The van der Waals surface area contributed by atoms with Crippen LogP contribution in [0.5, 0.6) is 5.19 Å². The summed E-state index contributed by atoms with van der Waals surface area (Å²) in [5.41, 5.74) is 14.8. The zero-order valence-electron chi connectivity index (χ0n) is 9.99. The van der Waals surface area contributed by atoms with Gasteiger partial charge in [-0.3, -0.25) is 0 Å². The Balaban J connectivity index is 2.45. The standard InChI is InChI=1S/C11H8BrN5O2S/c12-7-3-1-2-6(4-7)9-8(5-15-17-14)20-11(16-9)19-10(13)18/h1-4H,5H2,(H2,13,18). The van der Waals surface area contributed by atoms with Crippen LogP contribution in [0.25, 0.3) is 21.7 Å². The van der Waals surface area contributed by atoms with Gasteiger partial charge in [-0.15, -0.1) is 0 Å². The minimum Gasteiger partial charge on any atom is -0.381 e. The highest BCUT2D eigenvalue weighted by atomic mass is 79.9. The maximum atomic E-state index is 10.8. The first-order chi connectivity index (χ1) is 9.60. The molecule has 0 unspecified atom stereocenters. The molecule has 0 radical (unpaired) electrons. The van der Waals surface area contributed by atoms with E-state index < -0.39 is 6.09 Å². The van der Waals surface area contributed by atoms with Crippen molar-refractivity contribution in [3.05, 3.63) is 44.1 Å². The third-order valence-corrected chi connectivity index (χ3v) is 3.65. The Kier molecular flexibility index (Phi) is 4.57. The van der Waals surface area contributed by atoms with Crippen LogP contribution in [0.1, 0.15) is 4.88 Å². The molecule has 2 N–H and O–H groups in total. The Labute approximate surface area is 126 Å². The molecule has 0 spiro atoms. The highest BCUT2D eigenvalue weighted by Crippen LogP contribution is 2.34. The van der Waals surface area contributed by atoms with Gasteiger partial charge in [0.2, 0.25) is 0 Å². The molecule has 1 heterocycles. The number of carbonyl (C=O) groups is 1. The van der Waals surface area contributed by atoms with E-state index in [1.54, 1.807) is 0 Å². The Morgan fingerprint density at radius 3 is 3.05 bits per heavy atom. The third kappa shape index (κ3) is 3.47. The summed E-state index contributed by atoms with van der Waals surface area (Å²) < 4.78 is 5.65. The number of azide groups is 1. The molecule has 102 valence electrons.